The van der Waals surface area contributed by atoms with Crippen LogP contribution in [-0.4, -0.2) is 48.4 Å². The quantitative estimate of drug-likeness (QED) is 0.821. The second kappa shape index (κ2) is 5.94. The fourth-order valence-electron chi connectivity index (χ4n) is 2.65. The Morgan fingerprint density at radius 1 is 1.15 bits per heavy atom. The van der Waals surface area contributed by atoms with Gasteiger partial charge in [-0.3, -0.25) is 9.59 Å². The second-order valence-electron chi connectivity index (χ2n) is 4.94. The van der Waals surface area contributed by atoms with Crippen molar-refractivity contribution in [1.29, 1.82) is 0 Å². The van der Waals surface area contributed by atoms with Crippen molar-refractivity contribution in [2.45, 2.75) is 19.9 Å². The molecular formula is C15H20N2O3. The van der Waals surface area contributed by atoms with E-state index >= 15 is 0 Å². The molecule has 0 N–H and O–H groups in total. The van der Waals surface area contributed by atoms with Crippen LogP contribution in [0, 0.1) is 0 Å². The van der Waals surface area contributed by atoms with Crippen molar-refractivity contribution in [3.05, 3.63) is 29.8 Å². The van der Waals surface area contributed by atoms with Crippen molar-refractivity contribution in [2.24, 2.45) is 0 Å². The van der Waals surface area contributed by atoms with E-state index in [2.05, 4.69) is 0 Å². The van der Waals surface area contributed by atoms with Crippen molar-refractivity contribution in [3.8, 4) is 5.75 Å². The highest BCUT2D eigenvalue weighted by atomic mass is 16.5. The van der Waals surface area contributed by atoms with Crippen LogP contribution in [0.2, 0.25) is 0 Å². The third-order valence-electron chi connectivity index (χ3n) is 3.73. The zero-order chi connectivity index (χ0) is 14.7. The number of nitrogens with zero attached hydrogens (tertiary/aromatic N) is 2. The lowest BCUT2D eigenvalue weighted by molar-refractivity contribution is -0.140. The average Bonchev–Trinajstić information content (AvgIpc) is 2.46. The van der Waals surface area contributed by atoms with Gasteiger partial charge in [0.15, 0.2) is 0 Å². The third kappa shape index (κ3) is 2.76. The molecule has 0 radical (unpaired) electrons. The monoisotopic (exact) mass is 276 g/mol. The Bertz CT molecular complexity index is 516. The van der Waals surface area contributed by atoms with Crippen LogP contribution in [0.4, 0.5) is 0 Å². The van der Waals surface area contributed by atoms with Gasteiger partial charge < -0.3 is 14.5 Å². The summed E-state index contributed by atoms with van der Waals surface area (Å²) >= 11 is 0. The molecule has 0 spiro atoms. The number of methoxy groups -OCH3 is 1. The summed E-state index contributed by atoms with van der Waals surface area (Å²) in [7, 11) is 1.61. The number of rotatable bonds is 2. The van der Waals surface area contributed by atoms with Gasteiger partial charge >= 0.3 is 0 Å². The summed E-state index contributed by atoms with van der Waals surface area (Å²) in [6, 6.07) is 7.49. The number of ether oxygens (including phenoxy) is 1. The van der Waals surface area contributed by atoms with E-state index in [1.165, 1.54) is 0 Å². The molecule has 1 aromatic rings. The van der Waals surface area contributed by atoms with Gasteiger partial charge in [0.05, 0.1) is 13.2 Å². The third-order valence-corrected chi connectivity index (χ3v) is 3.73. The minimum atomic E-state index is -0.152. The number of hydrogen-bond donors (Lipinski definition) is 0. The van der Waals surface area contributed by atoms with E-state index in [0.29, 0.717) is 19.6 Å². The summed E-state index contributed by atoms with van der Waals surface area (Å²) in [5.41, 5.74) is 0.941. The van der Waals surface area contributed by atoms with Crippen molar-refractivity contribution < 1.29 is 14.3 Å². The molecule has 5 heteroatoms. The van der Waals surface area contributed by atoms with Crippen LogP contribution < -0.4 is 4.74 Å². The van der Waals surface area contributed by atoms with Gasteiger partial charge in [-0.1, -0.05) is 18.2 Å². The van der Waals surface area contributed by atoms with Crippen LogP contribution in [0.1, 0.15) is 25.5 Å². The Kier molecular flexibility index (Phi) is 4.27. The van der Waals surface area contributed by atoms with E-state index in [-0.39, 0.29) is 17.9 Å². The standard InChI is InChI=1S/C15H20N2O3/c1-11(18)16-8-9-17(12(2)19)14(10-16)13-6-4-5-7-15(13)20-3/h4-7,14H,8-10H2,1-3H3/t14-/m1/s1. The number of hydrogen-bond acceptors (Lipinski definition) is 3. The molecule has 2 amide bonds. The van der Waals surface area contributed by atoms with Crippen LogP contribution in [0.25, 0.3) is 0 Å². The fraction of sp³-hybridized carbons (Fsp3) is 0.467. The van der Waals surface area contributed by atoms with Gasteiger partial charge in [0.1, 0.15) is 5.75 Å². The number of para-hydroxylation sites is 1. The molecule has 0 unspecified atom stereocenters. The molecule has 0 aliphatic carbocycles. The molecule has 1 atom stereocenters. The molecule has 1 aromatic carbocycles. The van der Waals surface area contributed by atoms with Gasteiger partial charge in [-0.2, -0.15) is 0 Å². The lowest BCUT2D eigenvalue weighted by Gasteiger charge is -2.41. The number of benzene rings is 1. The van der Waals surface area contributed by atoms with Crippen LogP contribution in [0.3, 0.4) is 0 Å². The molecule has 1 saturated heterocycles. The van der Waals surface area contributed by atoms with Gasteiger partial charge in [-0.25, -0.2) is 0 Å². The van der Waals surface area contributed by atoms with Crippen molar-refractivity contribution >= 4 is 11.8 Å². The molecule has 1 fully saturated rings. The van der Waals surface area contributed by atoms with Crippen LogP contribution >= 0.6 is 0 Å². The number of piperazine rings is 1. The number of carbonyl (C=O) groups excluding carboxylic acids is 2. The Hall–Kier alpha value is -2.04. The average molecular weight is 276 g/mol. The lowest BCUT2D eigenvalue weighted by Crippen LogP contribution is -2.51. The topological polar surface area (TPSA) is 49.9 Å². The zero-order valence-corrected chi connectivity index (χ0v) is 12.1. The highest BCUT2D eigenvalue weighted by Crippen LogP contribution is 2.32. The predicted molar refractivity (Wildman–Crippen MR) is 75.4 cm³/mol. The first-order valence-corrected chi connectivity index (χ1v) is 6.70. The number of carbonyl (C=O) groups is 2. The van der Waals surface area contributed by atoms with Crippen molar-refractivity contribution in [1.82, 2.24) is 9.80 Å². The summed E-state index contributed by atoms with van der Waals surface area (Å²) in [4.78, 5) is 27.0. The summed E-state index contributed by atoms with van der Waals surface area (Å²) in [5, 5.41) is 0. The van der Waals surface area contributed by atoms with E-state index in [0.717, 1.165) is 11.3 Å². The molecule has 0 aromatic heterocycles. The Morgan fingerprint density at radius 2 is 1.85 bits per heavy atom. The van der Waals surface area contributed by atoms with Gasteiger partial charge in [0.25, 0.3) is 0 Å². The summed E-state index contributed by atoms with van der Waals surface area (Å²) in [6.07, 6.45) is 0. The van der Waals surface area contributed by atoms with Crippen LogP contribution in [-0.2, 0) is 9.59 Å². The summed E-state index contributed by atoms with van der Waals surface area (Å²) in [6.45, 7) is 4.77. The maximum atomic E-state index is 11.8. The normalized spacial score (nSPS) is 18.9. The zero-order valence-electron chi connectivity index (χ0n) is 12.1. The molecule has 1 aliphatic heterocycles. The molecule has 1 heterocycles. The van der Waals surface area contributed by atoms with Crippen LogP contribution in [0.5, 0.6) is 5.75 Å². The van der Waals surface area contributed by atoms with Gasteiger partial charge in [0, 0.05) is 39.0 Å². The first-order valence-electron chi connectivity index (χ1n) is 6.70. The van der Waals surface area contributed by atoms with E-state index in [1.54, 1.807) is 30.8 Å². The molecular weight excluding hydrogens is 256 g/mol. The van der Waals surface area contributed by atoms with Crippen molar-refractivity contribution in [3.63, 3.8) is 0 Å². The highest BCUT2D eigenvalue weighted by molar-refractivity contribution is 5.76. The molecule has 108 valence electrons. The molecule has 1 aliphatic rings. The van der Waals surface area contributed by atoms with Crippen LogP contribution in [0.15, 0.2) is 24.3 Å². The fourth-order valence-corrected chi connectivity index (χ4v) is 2.65. The number of amides is 2. The van der Waals surface area contributed by atoms with Gasteiger partial charge in [-0.15, -0.1) is 0 Å². The molecule has 0 bridgehead atoms. The van der Waals surface area contributed by atoms with E-state index in [4.69, 9.17) is 4.74 Å². The lowest BCUT2D eigenvalue weighted by atomic mass is 10.0. The highest BCUT2D eigenvalue weighted by Gasteiger charge is 2.32. The Labute approximate surface area is 119 Å². The van der Waals surface area contributed by atoms with E-state index in [1.807, 2.05) is 24.3 Å². The molecule has 20 heavy (non-hydrogen) atoms. The summed E-state index contributed by atoms with van der Waals surface area (Å²) < 4.78 is 5.38. The van der Waals surface area contributed by atoms with Gasteiger partial charge in [-0.05, 0) is 6.07 Å². The predicted octanol–water partition coefficient (Wildman–Crippen LogP) is 1.45. The van der Waals surface area contributed by atoms with E-state index < -0.39 is 0 Å². The first-order chi connectivity index (χ1) is 9.54. The molecule has 5 nitrogen and oxygen atoms in total. The SMILES string of the molecule is COc1ccccc1[C@H]1CN(C(C)=O)CCN1C(C)=O. The Balaban J connectivity index is 2.36. The maximum absolute atomic E-state index is 11.8. The van der Waals surface area contributed by atoms with Crippen molar-refractivity contribution in [2.75, 3.05) is 26.7 Å². The van der Waals surface area contributed by atoms with Gasteiger partial charge in [0.2, 0.25) is 11.8 Å². The first kappa shape index (κ1) is 14.4. The Morgan fingerprint density at radius 3 is 2.45 bits per heavy atom. The maximum Gasteiger partial charge on any atom is 0.220 e. The smallest absolute Gasteiger partial charge is 0.220 e. The minimum absolute atomic E-state index is 0.0177. The second-order valence-corrected chi connectivity index (χ2v) is 4.94. The summed E-state index contributed by atoms with van der Waals surface area (Å²) in [5.74, 6) is 0.798. The van der Waals surface area contributed by atoms with E-state index in [9.17, 15) is 9.59 Å². The minimum Gasteiger partial charge on any atom is -0.496 e. The molecule has 0 saturated carbocycles. The molecule has 2 rings (SSSR count). The largest absolute Gasteiger partial charge is 0.496 e.